The van der Waals surface area contributed by atoms with Gasteiger partial charge in [-0.1, -0.05) is 19.9 Å². The Morgan fingerprint density at radius 2 is 2.17 bits per heavy atom. The van der Waals surface area contributed by atoms with Crippen LogP contribution in [0.5, 0.6) is 0 Å². The molecule has 18 heavy (non-hydrogen) atoms. The molecule has 2 heterocycles. The number of rotatable bonds is 3. The van der Waals surface area contributed by atoms with Gasteiger partial charge in [-0.05, 0) is 31.4 Å². The molecule has 1 fully saturated rings. The van der Waals surface area contributed by atoms with Crippen LogP contribution in [0.2, 0.25) is 0 Å². The van der Waals surface area contributed by atoms with Crippen molar-refractivity contribution in [3.63, 3.8) is 0 Å². The van der Waals surface area contributed by atoms with Gasteiger partial charge >= 0.3 is 0 Å². The first-order valence-corrected chi connectivity index (χ1v) is 6.89. The molecule has 3 nitrogen and oxygen atoms in total. The van der Waals surface area contributed by atoms with Crippen LogP contribution in [0.25, 0.3) is 0 Å². The molecule has 0 saturated carbocycles. The van der Waals surface area contributed by atoms with Crippen LogP contribution in [0.15, 0.2) is 18.3 Å². The third-order valence-electron chi connectivity index (χ3n) is 3.78. The molecular formula is C15H25N3. The first kappa shape index (κ1) is 13.5. The minimum Gasteiger partial charge on any atom is -0.314 e. The summed E-state index contributed by atoms with van der Waals surface area (Å²) in [5.41, 5.74) is 2.72. The molecule has 1 aromatic rings. The SMILES string of the molecule is CC(C)c1ccc(CN2CCNCC2(C)C)cn1. The molecule has 0 aliphatic carbocycles. The summed E-state index contributed by atoms with van der Waals surface area (Å²) in [5, 5.41) is 3.46. The van der Waals surface area contributed by atoms with E-state index in [9.17, 15) is 0 Å². The number of nitrogens with one attached hydrogen (secondary N) is 1. The Morgan fingerprint density at radius 1 is 1.39 bits per heavy atom. The maximum Gasteiger partial charge on any atom is 0.0429 e. The summed E-state index contributed by atoms with van der Waals surface area (Å²) in [6.07, 6.45) is 2.04. The van der Waals surface area contributed by atoms with E-state index in [4.69, 9.17) is 0 Å². The first-order valence-electron chi connectivity index (χ1n) is 6.89. The molecule has 1 aromatic heterocycles. The lowest BCUT2D eigenvalue weighted by Gasteiger charge is -2.42. The Balaban J connectivity index is 2.04. The average molecular weight is 247 g/mol. The second-order valence-corrected chi connectivity index (χ2v) is 6.16. The molecule has 2 rings (SSSR count). The van der Waals surface area contributed by atoms with Crippen LogP contribution in [-0.2, 0) is 6.54 Å². The zero-order chi connectivity index (χ0) is 13.2. The summed E-state index contributed by atoms with van der Waals surface area (Å²) in [6.45, 7) is 13.2. The number of hydrogen-bond acceptors (Lipinski definition) is 3. The van der Waals surface area contributed by atoms with Gasteiger partial charge in [-0.25, -0.2) is 0 Å². The minimum absolute atomic E-state index is 0.231. The van der Waals surface area contributed by atoms with Gasteiger partial charge in [0.25, 0.3) is 0 Å². The smallest absolute Gasteiger partial charge is 0.0429 e. The number of aromatic nitrogens is 1. The second kappa shape index (κ2) is 5.37. The predicted molar refractivity (Wildman–Crippen MR) is 75.7 cm³/mol. The highest BCUT2D eigenvalue weighted by atomic mass is 15.2. The molecule has 0 atom stereocenters. The summed E-state index contributed by atoms with van der Waals surface area (Å²) < 4.78 is 0. The number of pyridine rings is 1. The molecule has 100 valence electrons. The van der Waals surface area contributed by atoms with E-state index in [1.807, 2.05) is 6.20 Å². The molecule has 0 unspecified atom stereocenters. The van der Waals surface area contributed by atoms with Crippen molar-refractivity contribution >= 4 is 0 Å². The van der Waals surface area contributed by atoms with Crippen LogP contribution in [0.3, 0.4) is 0 Å². The highest BCUT2D eigenvalue weighted by Gasteiger charge is 2.29. The Hall–Kier alpha value is -0.930. The zero-order valence-electron chi connectivity index (χ0n) is 12.0. The van der Waals surface area contributed by atoms with E-state index in [2.05, 4.69) is 55.0 Å². The maximum absolute atomic E-state index is 4.55. The van der Waals surface area contributed by atoms with E-state index < -0.39 is 0 Å². The van der Waals surface area contributed by atoms with Crippen molar-refractivity contribution < 1.29 is 0 Å². The zero-order valence-corrected chi connectivity index (χ0v) is 12.0. The van der Waals surface area contributed by atoms with E-state index in [0.717, 1.165) is 26.2 Å². The van der Waals surface area contributed by atoms with Crippen LogP contribution >= 0.6 is 0 Å². The molecule has 0 amide bonds. The van der Waals surface area contributed by atoms with Crippen molar-refractivity contribution in [2.24, 2.45) is 0 Å². The molecular weight excluding hydrogens is 222 g/mol. The Morgan fingerprint density at radius 3 is 2.72 bits per heavy atom. The van der Waals surface area contributed by atoms with Crippen molar-refractivity contribution in [3.8, 4) is 0 Å². The van der Waals surface area contributed by atoms with Crippen molar-refractivity contribution in [3.05, 3.63) is 29.6 Å². The summed E-state index contributed by atoms with van der Waals surface area (Å²) in [4.78, 5) is 7.09. The largest absolute Gasteiger partial charge is 0.314 e. The number of hydrogen-bond donors (Lipinski definition) is 1. The first-order chi connectivity index (χ1) is 8.49. The van der Waals surface area contributed by atoms with Gasteiger partial charge < -0.3 is 5.32 Å². The fourth-order valence-electron chi connectivity index (χ4n) is 2.41. The molecule has 0 spiro atoms. The summed E-state index contributed by atoms with van der Waals surface area (Å²) in [7, 11) is 0. The molecule has 0 aromatic carbocycles. The van der Waals surface area contributed by atoms with Gasteiger partial charge in [0.1, 0.15) is 0 Å². The van der Waals surface area contributed by atoms with Crippen molar-refractivity contribution in [1.29, 1.82) is 0 Å². The van der Waals surface area contributed by atoms with Crippen molar-refractivity contribution in [1.82, 2.24) is 15.2 Å². The Bertz CT molecular complexity index is 381. The van der Waals surface area contributed by atoms with Gasteiger partial charge in [0, 0.05) is 43.6 Å². The highest BCUT2D eigenvalue weighted by molar-refractivity contribution is 5.16. The van der Waals surface area contributed by atoms with Crippen molar-refractivity contribution in [2.75, 3.05) is 19.6 Å². The van der Waals surface area contributed by atoms with Crippen LogP contribution < -0.4 is 5.32 Å². The van der Waals surface area contributed by atoms with Gasteiger partial charge in [-0.15, -0.1) is 0 Å². The lowest BCUT2D eigenvalue weighted by Crippen LogP contribution is -2.57. The van der Waals surface area contributed by atoms with E-state index in [1.54, 1.807) is 0 Å². The molecule has 0 radical (unpaired) electrons. The third kappa shape index (κ3) is 3.09. The molecule has 1 saturated heterocycles. The monoisotopic (exact) mass is 247 g/mol. The normalized spacial score (nSPS) is 20.3. The van der Waals surface area contributed by atoms with E-state index in [0.29, 0.717) is 5.92 Å². The van der Waals surface area contributed by atoms with Crippen molar-refractivity contribution in [2.45, 2.75) is 45.7 Å². The molecule has 0 bridgehead atoms. The average Bonchev–Trinajstić information content (AvgIpc) is 2.32. The molecule has 1 N–H and O–H groups in total. The number of piperazine rings is 1. The van der Waals surface area contributed by atoms with Gasteiger partial charge in [0.15, 0.2) is 0 Å². The van der Waals surface area contributed by atoms with E-state index in [1.165, 1.54) is 11.3 Å². The van der Waals surface area contributed by atoms with Gasteiger partial charge in [-0.2, -0.15) is 0 Å². The Labute approximate surface area is 111 Å². The lowest BCUT2D eigenvalue weighted by molar-refractivity contribution is 0.0826. The van der Waals surface area contributed by atoms with Crippen LogP contribution in [-0.4, -0.2) is 35.1 Å². The number of nitrogens with zero attached hydrogens (tertiary/aromatic N) is 2. The van der Waals surface area contributed by atoms with Gasteiger partial charge in [0.05, 0.1) is 0 Å². The molecule has 3 heteroatoms. The minimum atomic E-state index is 0.231. The molecule has 1 aliphatic rings. The Kier molecular flexibility index (Phi) is 4.03. The maximum atomic E-state index is 4.55. The van der Waals surface area contributed by atoms with Gasteiger partial charge in [0.2, 0.25) is 0 Å². The third-order valence-corrected chi connectivity index (χ3v) is 3.78. The lowest BCUT2D eigenvalue weighted by atomic mass is 9.99. The standard InChI is InChI=1S/C15H25N3/c1-12(2)14-6-5-13(9-17-14)10-18-8-7-16-11-15(18,3)4/h5-6,9,12,16H,7-8,10-11H2,1-4H3. The fraction of sp³-hybridized carbons (Fsp3) is 0.667. The summed E-state index contributed by atoms with van der Waals surface area (Å²) in [6, 6.07) is 4.38. The topological polar surface area (TPSA) is 28.2 Å². The van der Waals surface area contributed by atoms with Gasteiger partial charge in [-0.3, -0.25) is 9.88 Å². The van der Waals surface area contributed by atoms with Crippen LogP contribution in [0.4, 0.5) is 0 Å². The summed E-state index contributed by atoms with van der Waals surface area (Å²) in [5.74, 6) is 0.509. The second-order valence-electron chi connectivity index (χ2n) is 6.16. The van der Waals surface area contributed by atoms with E-state index >= 15 is 0 Å². The van der Waals surface area contributed by atoms with Crippen LogP contribution in [0.1, 0.15) is 44.9 Å². The predicted octanol–water partition coefficient (Wildman–Crippen LogP) is 2.39. The summed E-state index contributed by atoms with van der Waals surface area (Å²) >= 11 is 0. The van der Waals surface area contributed by atoms with Crippen LogP contribution in [0, 0.1) is 0 Å². The van der Waals surface area contributed by atoms with E-state index in [-0.39, 0.29) is 5.54 Å². The molecule has 1 aliphatic heterocycles. The fourth-order valence-corrected chi connectivity index (χ4v) is 2.41. The highest BCUT2D eigenvalue weighted by Crippen LogP contribution is 2.20. The quantitative estimate of drug-likeness (QED) is 0.889.